The highest BCUT2D eigenvalue weighted by Crippen LogP contribution is 2.27. The predicted octanol–water partition coefficient (Wildman–Crippen LogP) is 1.82. The van der Waals surface area contributed by atoms with Gasteiger partial charge in [-0.2, -0.15) is 0 Å². The Balaban J connectivity index is 1.86. The van der Waals surface area contributed by atoms with E-state index in [0.717, 1.165) is 24.8 Å². The topological polar surface area (TPSA) is 74.8 Å². The van der Waals surface area contributed by atoms with Crippen LogP contribution in [0.15, 0.2) is 54.6 Å². The van der Waals surface area contributed by atoms with Crippen LogP contribution in [0.3, 0.4) is 0 Å². The van der Waals surface area contributed by atoms with Crippen molar-refractivity contribution in [3.63, 3.8) is 0 Å². The lowest BCUT2D eigenvalue weighted by atomic mass is 9.87. The van der Waals surface area contributed by atoms with Gasteiger partial charge in [-0.3, -0.25) is 10.1 Å². The van der Waals surface area contributed by atoms with E-state index in [4.69, 9.17) is 0 Å². The summed E-state index contributed by atoms with van der Waals surface area (Å²) < 4.78 is 0. The predicted molar refractivity (Wildman–Crippen MR) is 95.8 cm³/mol. The Kier molecular flexibility index (Phi) is 5.46. The first-order valence-electron chi connectivity index (χ1n) is 8.69. The number of imide groups is 1. The maximum atomic E-state index is 12.7. The van der Waals surface area contributed by atoms with E-state index in [0.29, 0.717) is 0 Å². The number of hydrogen-bond donors (Lipinski definition) is 3. The van der Waals surface area contributed by atoms with Crippen LogP contribution in [0.25, 0.3) is 0 Å². The number of benzene rings is 2. The van der Waals surface area contributed by atoms with Crippen molar-refractivity contribution in [2.75, 3.05) is 7.05 Å². The molecular weight excluding hydrogens is 314 g/mol. The van der Waals surface area contributed by atoms with E-state index in [1.807, 2.05) is 36.4 Å². The normalized spacial score (nSPS) is 17.2. The van der Waals surface area contributed by atoms with E-state index in [-0.39, 0.29) is 11.9 Å². The summed E-state index contributed by atoms with van der Waals surface area (Å²) in [6, 6.07) is 17.3. The summed E-state index contributed by atoms with van der Waals surface area (Å²) in [5.41, 5.74) is 3.54. The molecule has 3 rings (SSSR count). The molecule has 4 N–H and O–H groups in total. The molecule has 1 aliphatic carbocycles. The Hall–Kier alpha value is -2.66. The zero-order chi connectivity index (χ0) is 17.6. The number of urea groups is 1. The summed E-state index contributed by atoms with van der Waals surface area (Å²) in [4.78, 5) is 24.3. The number of nitrogens with one attached hydrogen (secondary N) is 2. The number of amides is 3. The molecule has 2 aromatic carbocycles. The molecule has 0 spiro atoms. The fourth-order valence-electron chi connectivity index (χ4n) is 3.49. The van der Waals surface area contributed by atoms with Gasteiger partial charge in [0.25, 0.3) is 5.91 Å². The van der Waals surface area contributed by atoms with E-state index in [1.54, 1.807) is 0 Å². The molecule has 0 saturated heterocycles. The van der Waals surface area contributed by atoms with Gasteiger partial charge in [0.1, 0.15) is 6.04 Å². The minimum absolute atomic E-state index is 0.214. The Bertz CT molecular complexity index is 746. The Morgan fingerprint density at radius 1 is 1.08 bits per heavy atom. The highest BCUT2D eigenvalue weighted by atomic mass is 16.2. The Labute approximate surface area is 147 Å². The number of aryl methyl sites for hydroxylation is 1. The first-order valence-corrected chi connectivity index (χ1v) is 8.69. The Morgan fingerprint density at radius 2 is 1.80 bits per heavy atom. The third-order valence-electron chi connectivity index (χ3n) is 4.75. The van der Waals surface area contributed by atoms with Crippen LogP contribution < -0.4 is 16.0 Å². The molecule has 0 unspecified atom stereocenters. The molecule has 0 saturated carbocycles. The zero-order valence-electron chi connectivity index (χ0n) is 14.4. The molecule has 5 nitrogen and oxygen atoms in total. The smallest absolute Gasteiger partial charge is 0.321 e. The van der Waals surface area contributed by atoms with Crippen LogP contribution in [-0.4, -0.2) is 19.0 Å². The first kappa shape index (κ1) is 17.2. The molecule has 0 aliphatic heterocycles. The molecule has 25 heavy (non-hydrogen) atoms. The van der Waals surface area contributed by atoms with E-state index < -0.39 is 12.1 Å². The van der Waals surface area contributed by atoms with Gasteiger partial charge in [-0.1, -0.05) is 54.6 Å². The molecule has 0 radical (unpaired) electrons. The van der Waals surface area contributed by atoms with E-state index in [9.17, 15) is 9.59 Å². The molecule has 0 aromatic heterocycles. The van der Waals surface area contributed by atoms with Crippen molar-refractivity contribution in [3.8, 4) is 0 Å². The van der Waals surface area contributed by atoms with Gasteiger partial charge in [0, 0.05) is 24.6 Å². The standard InChI is InChI=1S/C20H23N3O2/c1-21-20(25)23-19(24)18(15-9-3-2-4-10-15)22-17-13-7-11-14-8-5-6-12-16(14)17/h2-6,8-10,12,17-18,22H,7,11,13H2,1H3,(H2,21,23,24,25)/p+1/t17-,18-/m1/s1. The minimum atomic E-state index is -0.483. The van der Waals surface area contributed by atoms with Crippen LogP contribution in [0.4, 0.5) is 4.79 Å². The second kappa shape index (κ2) is 7.94. The largest absolute Gasteiger partial charge is 0.341 e. The van der Waals surface area contributed by atoms with Crippen LogP contribution in [-0.2, 0) is 11.2 Å². The molecule has 0 fully saturated rings. The molecule has 0 bridgehead atoms. The molecule has 5 heteroatoms. The number of rotatable bonds is 4. The van der Waals surface area contributed by atoms with Crippen LogP contribution in [0.5, 0.6) is 0 Å². The molecular formula is C20H24N3O2+. The van der Waals surface area contributed by atoms with Gasteiger partial charge >= 0.3 is 6.03 Å². The van der Waals surface area contributed by atoms with E-state index in [2.05, 4.69) is 34.1 Å². The third-order valence-corrected chi connectivity index (χ3v) is 4.75. The van der Waals surface area contributed by atoms with Gasteiger partial charge < -0.3 is 10.6 Å². The van der Waals surface area contributed by atoms with Gasteiger partial charge in [-0.25, -0.2) is 4.79 Å². The van der Waals surface area contributed by atoms with Crippen LogP contribution in [0.1, 0.15) is 41.6 Å². The molecule has 2 aromatic rings. The number of nitrogens with two attached hydrogens (primary N) is 1. The van der Waals surface area contributed by atoms with Crippen molar-refractivity contribution < 1.29 is 14.9 Å². The lowest BCUT2D eigenvalue weighted by Gasteiger charge is -2.27. The second-order valence-corrected chi connectivity index (χ2v) is 6.35. The van der Waals surface area contributed by atoms with Gasteiger partial charge in [0.05, 0.1) is 0 Å². The van der Waals surface area contributed by atoms with Gasteiger partial charge in [0.2, 0.25) is 0 Å². The molecule has 1 aliphatic rings. The van der Waals surface area contributed by atoms with Crippen LogP contribution >= 0.6 is 0 Å². The van der Waals surface area contributed by atoms with Gasteiger partial charge in [0.15, 0.2) is 6.04 Å². The van der Waals surface area contributed by atoms with E-state index in [1.165, 1.54) is 18.2 Å². The summed E-state index contributed by atoms with van der Waals surface area (Å²) in [6.45, 7) is 0. The summed E-state index contributed by atoms with van der Waals surface area (Å²) in [7, 11) is 1.50. The average molecular weight is 338 g/mol. The Morgan fingerprint density at radius 3 is 2.56 bits per heavy atom. The number of carbonyl (C=O) groups excluding carboxylic acids is 2. The van der Waals surface area contributed by atoms with Crippen molar-refractivity contribution >= 4 is 11.9 Å². The SMILES string of the molecule is CNC(=O)NC(=O)[C@H]([NH2+][C@@H]1CCCc2ccccc21)c1ccccc1. The van der Waals surface area contributed by atoms with Crippen LogP contribution in [0, 0.1) is 0 Å². The van der Waals surface area contributed by atoms with Crippen molar-refractivity contribution in [1.29, 1.82) is 0 Å². The van der Waals surface area contributed by atoms with Gasteiger partial charge in [-0.05, 0) is 18.4 Å². The third kappa shape index (κ3) is 4.06. The lowest BCUT2D eigenvalue weighted by Crippen LogP contribution is -2.89. The summed E-state index contributed by atoms with van der Waals surface area (Å²) in [5.74, 6) is -0.298. The molecule has 130 valence electrons. The van der Waals surface area contributed by atoms with E-state index >= 15 is 0 Å². The quantitative estimate of drug-likeness (QED) is 0.795. The second-order valence-electron chi connectivity index (χ2n) is 6.35. The van der Waals surface area contributed by atoms with Crippen molar-refractivity contribution in [2.45, 2.75) is 31.3 Å². The number of fused-ring (bicyclic) bond motifs is 1. The number of quaternary nitrogens is 1. The maximum Gasteiger partial charge on any atom is 0.321 e. The summed E-state index contributed by atoms with van der Waals surface area (Å²) in [6.07, 6.45) is 3.21. The zero-order valence-corrected chi connectivity index (χ0v) is 14.4. The number of carbonyl (C=O) groups is 2. The van der Waals surface area contributed by atoms with Crippen LogP contribution in [0.2, 0.25) is 0 Å². The van der Waals surface area contributed by atoms with Crippen molar-refractivity contribution in [1.82, 2.24) is 10.6 Å². The monoisotopic (exact) mass is 338 g/mol. The minimum Gasteiger partial charge on any atom is -0.341 e. The van der Waals surface area contributed by atoms with Crippen molar-refractivity contribution in [2.24, 2.45) is 0 Å². The van der Waals surface area contributed by atoms with Gasteiger partial charge in [-0.15, -0.1) is 0 Å². The maximum absolute atomic E-state index is 12.7. The molecule has 2 atom stereocenters. The fourth-order valence-corrected chi connectivity index (χ4v) is 3.49. The van der Waals surface area contributed by atoms with Crippen molar-refractivity contribution in [3.05, 3.63) is 71.3 Å². The first-order chi connectivity index (χ1) is 12.2. The molecule has 0 heterocycles. The molecule has 3 amide bonds. The summed E-state index contributed by atoms with van der Waals surface area (Å²) in [5, 5.41) is 6.95. The number of hydrogen-bond acceptors (Lipinski definition) is 2. The lowest BCUT2D eigenvalue weighted by molar-refractivity contribution is -0.723. The highest BCUT2D eigenvalue weighted by Gasteiger charge is 2.31. The fraction of sp³-hybridized carbons (Fsp3) is 0.300. The summed E-state index contributed by atoms with van der Waals surface area (Å²) >= 11 is 0. The average Bonchev–Trinajstić information content (AvgIpc) is 2.66. The highest BCUT2D eigenvalue weighted by molar-refractivity contribution is 5.96.